The van der Waals surface area contributed by atoms with Crippen LogP contribution >= 0.6 is 0 Å². The number of allylic oxidation sites excluding steroid dienone is 3. The summed E-state index contributed by atoms with van der Waals surface area (Å²) < 4.78 is 0. The molecule has 156 valence electrons. The maximum atomic E-state index is 12.0. The van der Waals surface area contributed by atoms with E-state index in [2.05, 4.69) is 13.0 Å². The fraction of sp³-hybridized carbons (Fsp3) is 0.800. The first-order chi connectivity index (χ1) is 13.3. The van der Waals surface area contributed by atoms with E-state index in [4.69, 9.17) is 0 Å². The van der Waals surface area contributed by atoms with Gasteiger partial charge in [0.05, 0.1) is 0 Å². The van der Waals surface area contributed by atoms with E-state index in [0.29, 0.717) is 0 Å². The molecule has 0 saturated carbocycles. The number of carbonyl (C=O) groups excluding carboxylic acids is 1. The highest BCUT2D eigenvalue weighted by molar-refractivity contribution is 5.87. The SMILES string of the molecule is CCCCCCCCCCCCCCC/C=C/C=C/C(=O)N1CCCCC1. The topological polar surface area (TPSA) is 20.3 Å². The van der Waals surface area contributed by atoms with Crippen molar-refractivity contribution in [2.75, 3.05) is 13.1 Å². The zero-order valence-corrected chi connectivity index (χ0v) is 18.1. The first-order valence-electron chi connectivity index (χ1n) is 12.0. The van der Waals surface area contributed by atoms with Crippen LogP contribution in [0.3, 0.4) is 0 Å². The summed E-state index contributed by atoms with van der Waals surface area (Å²) in [7, 11) is 0. The zero-order valence-electron chi connectivity index (χ0n) is 18.1. The van der Waals surface area contributed by atoms with Gasteiger partial charge in [0.15, 0.2) is 0 Å². The molecule has 2 nitrogen and oxygen atoms in total. The van der Waals surface area contributed by atoms with E-state index in [1.54, 1.807) is 6.08 Å². The molecule has 1 aliphatic heterocycles. The number of piperidine rings is 1. The number of rotatable bonds is 16. The number of hydrogen-bond donors (Lipinski definition) is 0. The van der Waals surface area contributed by atoms with E-state index in [0.717, 1.165) is 32.4 Å². The molecule has 1 heterocycles. The van der Waals surface area contributed by atoms with Crippen molar-refractivity contribution in [1.29, 1.82) is 0 Å². The average molecular weight is 376 g/mol. The highest BCUT2D eigenvalue weighted by Crippen LogP contribution is 2.13. The van der Waals surface area contributed by atoms with Crippen LogP contribution in [0.25, 0.3) is 0 Å². The standard InChI is InChI=1S/C25H45NO/c1-2-3-4-5-6-7-8-9-10-11-12-13-14-15-16-17-19-22-25(27)26-23-20-18-21-24-26/h16-17,19,22H,2-15,18,20-21,23-24H2,1H3/b17-16+,22-19+. The molecule has 1 amide bonds. The van der Waals surface area contributed by atoms with Gasteiger partial charge in [0.1, 0.15) is 0 Å². The van der Waals surface area contributed by atoms with Crippen LogP contribution in [0.4, 0.5) is 0 Å². The third kappa shape index (κ3) is 14.7. The number of hydrogen-bond acceptors (Lipinski definition) is 1. The Morgan fingerprint density at radius 3 is 1.78 bits per heavy atom. The highest BCUT2D eigenvalue weighted by atomic mass is 16.2. The summed E-state index contributed by atoms with van der Waals surface area (Å²) in [5.74, 6) is 0.181. The second kappa shape index (κ2) is 18.3. The molecule has 0 unspecified atom stereocenters. The van der Waals surface area contributed by atoms with Crippen molar-refractivity contribution in [3.63, 3.8) is 0 Å². The minimum Gasteiger partial charge on any atom is -0.339 e. The van der Waals surface area contributed by atoms with Gasteiger partial charge in [-0.3, -0.25) is 4.79 Å². The van der Waals surface area contributed by atoms with Crippen LogP contribution in [0.2, 0.25) is 0 Å². The van der Waals surface area contributed by atoms with E-state index in [9.17, 15) is 4.79 Å². The van der Waals surface area contributed by atoms with Crippen LogP contribution < -0.4 is 0 Å². The molecular formula is C25H45NO. The van der Waals surface area contributed by atoms with Crippen molar-refractivity contribution >= 4 is 5.91 Å². The predicted octanol–water partition coefficient (Wildman–Crippen LogP) is 7.59. The summed E-state index contributed by atoms with van der Waals surface area (Å²) in [6.07, 6.45) is 30.9. The first-order valence-corrected chi connectivity index (χ1v) is 12.0. The van der Waals surface area contributed by atoms with Crippen molar-refractivity contribution in [3.8, 4) is 0 Å². The Morgan fingerprint density at radius 2 is 1.22 bits per heavy atom. The summed E-state index contributed by atoms with van der Waals surface area (Å²) in [5.41, 5.74) is 0. The molecule has 1 fully saturated rings. The molecule has 0 atom stereocenters. The smallest absolute Gasteiger partial charge is 0.246 e. The van der Waals surface area contributed by atoms with E-state index in [1.165, 1.54) is 89.9 Å². The minimum absolute atomic E-state index is 0.181. The summed E-state index contributed by atoms with van der Waals surface area (Å²) in [4.78, 5) is 13.9. The lowest BCUT2D eigenvalue weighted by atomic mass is 10.0. The van der Waals surface area contributed by atoms with Gasteiger partial charge in [-0.2, -0.15) is 0 Å². The van der Waals surface area contributed by atoms with Crippen molar-refractivity contribution in [3.05, 3.63) is 24.3 Å². The van der Waals surface area contributed by atoms with Gasteiger partial charge in [-0.05, 0) is 32.1 Å². The van der Waals surface area contributed by atoms with E-state index in [-0.39, 0.29) is 5.91 Å². The molecule has 1 aliphatic rings. The van der Waals surface area contributed by atoms with Gasteiger partial charge in [0.2, 0.25) is 5.91 Å². The summed E-state index contributed by atoms with van der Waals surface area (Å²) >= 11 is 0. The van der Waals surface area contributed by atoms with Gasteiger partial charge in [-0.1, -0.05) is 102 Å². The zero-order chi connectivity index (χ0) is 19.4. The van der Waals surface area contributed by atoms with E-state index >= 15 is 0 Å². The van der Waals surface area contributed by atoms with E-state index < -0.39 is 0 Å². The van der Waals surface area contributed by atoms with Crippen molar-refractivity contribution in [1.82, 2.24) is 4.90 Å². The van der Waals surface area contributed by atoms with Crippen LogP contribution in [-0.2, 0) is 4.79 Å². The average Bonchev–Trinajstić information content (AvgIpc) is 2.70. The van der Waals surface area contributed by atoms with Crippen molar-refractivity contribution in [2.24, 2.45) is 0 Å². The maximum absolute atomic E-state index is 12.0. The minimum atomic E-state index is 0.181. The Hall–Kier alpha value is -1.05. The molecule has 0 aromatic carbocycles. The molecule has 0 aliphatic carbocycles. The second-order valence-electron chi connectivity index (χ2n) is 8.20. The molecule has 1 rings (SSSR count). The Balaban J connectivity index is 1.82. The second-order valence-corrected chi connectivity index (χ2v) is 8.20. The Morgan fingerprint density at radius 1 is 0.704 bits per heavy atom. The molecule has 0 aromatic heterocycles. The third-order valence-electron chi connectivity index (χ3n) is 5.63. The Bertz CT molecular complexity index is 393. The fourth-order valence-electron chi connectivity index (χ4n) is 3.81. The van der Waals surface area contributed by atoms with Gasteiger partial charge in [0, 0.05) is 19.2 Å². The Labute approximate surface area is 169 Å². The van der Waals surface area contributed by atoms with Crippen molar-refractivity contribution in [2.45, 2.75) is 116 Å². The van der Waals surface area contributed by atoms with Gasteiger partial charge in [-0.25, -0.2) is 0 Å². The lowest BCUT2D eigenvalue weighted by Crippen LogP contribution is -2.34. The molecule has 0 aromatic rings. The molecule has 0 N–H and O–H groups in total. The van der Waals surface area contributed by atoms with Gasteiger partial charge >= 0.3 is 0 Å². The number of carbonyl (C=O) groups is 1. The third-order valence-corrected chi connectivity index (χ3v) is 5.63. The number of nitrogens with zero attached hydrogens (tertiary/aromatic N) is 1. The van der Waals surface area contributed by atoms with Gasteiger partial charge in [0.25, 0.3) is 0 Å². The van der Waals surface area contributed by atoms with Gasteiger partial charge in [-0.15, -0.1) is 0 Å². The van der Waals surface area contributed by atoms with Crippen LogP contribution in [-0.4, -0.2) is 23.9 Å². The van der Waals surface area contributed by atoms with Gasteiger partial charge < -0.3 is 4.90 Å². The summed E-state index contributed by atoms with van der Waals surface area (Å²) in [6, 6.07) is 0. The van der Waals surface area contributed by atoms with Crippen molar-refractivity contribution < 1.29 is 4.79 Å². The highest BCUT2D eigenvalue weighted by Gasteiger charge is 2.13. The monoisotopic (exact) mass is 375 g/mol. The predicted molar refractivity (Wildman–Crippen MR) is 119 cm³/mol. The van der Waals surface area contributed by atoms with Crippen LogP contribution in [0, 0.1) is 0 Å². The molecule has 1 saturated heterocycles. The van der Waals surface area contributed by atoms with Crippen LogP contribution in [0.1, 0.15) is 116 Å². The molecular weight excluding hydrogens is 330 g/mol. The number of unbranched alkanes of at least 4 members (excludes halogenated alkanes) is 13. The number of likely N-dealkylation sites (tertiary alicyclic amines) is 1. The molecule has 27 heavy (non-hydrogen) atoms. The molecule has 0 spiro atoms. The lowest BCUT2D eigenvalue weighted by molar-refractivity contribution is -0.126. The molecule has 0 radical (unpaired) electrons. The molecule has 0 bridgehead atoms. The largest absolute Gasteiger partial charge is 0.339 e. The maximum Gasteiger partial charge on any atom is 0.246 e. The Kier molecular flexibility index (Phi) is 16.3. The summed E-state index contributed by atoms with van der Waals surface area (Å²) in [5, 5.41) is 0. The van der Waals surface area contributed by atoms with E-state index in [1.807, 2.05) is 17.1 Å². The van der Waals surface area contributed by atoms with Crippen LogP contribution in [0.5, 0.6) is 0 Å². The molecule has 2 heteroatoms. The first kappa shape index (κ1) is 24.0. The van der Waals surface area contributed by atoms with Crippen LogP contribution in [0.15, 0.2) is 24.3 Å². The quantitative estimate of drug-likeness (QED) is 0.154. The fourth-order valence-corrected chi connectivity index (χ4v) is 3.81. The normalized spacial score (nSPS) is 15.2. The lowest BCUT2D eigenvalue weighted by Gasteiger charge is -2.25. The number of amides is 1. The summed E-state index contributed by atoms with van der Waals surface area (Å²) in [6.45, 7) is 4.16.